The van der Waals surface area contributed by atoms with Crippen molar-refractivity contribution in [3.05, 3.63) is 75.1 Å². The fraction of sp³-hybridized carbons (Fsp3) is 0.167. The Labute approximate surface area is 186 Å². The van der Waals surface area contributed by atoms with Crippen LogP contribution in [0.15, 0.2) is 53.3 Å². The van der Waals surface area contributed by atoms with Crippen molar-refractivity contribution in [1.82, 2.24) is 19.5 Å². The molecule has 3 aromatic heterocycles. The standard InChI is InChI=1S/C24H19N5O2S/c1-13-19-23(28-18-7-4-12-29(18)24(19)31)32-20(13)22(30)25-15-10-8-14(9-11-15)21-26-16-5-2-3-6-17(16)27-21/h2-3,5-6,8-11H,4,7,12H2,1H3,(H,25,30)(H,26,27). The van der Waals surface area contributed by atoms with Crippen molar-refractivity contribution >= 4 is 44.2 Å². The first-order chi connectivity index (χ1) is 15.6. The van der Waals surface area contributed by atoms with Gasteiger partial charge in [0, 0.05) is 24.2 Å². The lowest BCUT2D eigenvalue weighted by Gasteiger charge is -2.05. The molecule has 5 aromatic rings. The smallest absolute Gasteiger partial charge is 0.266 e. The number of rotatable bonds is 3. The molecule has 0 saturated carbocycles. The molecule has 0 bridgehead atoms. The number of H-pyrrole nitrogens is 1. The summed E-state index contributed by atoms with van der Waals surface area (Å²) in [4.78, 5) is 39.6. The molecule has 0 spiro atoms. The van der Waals surface area contributed by atoms with Gasteiger partial charge in [0.2, 0.25) is 0 Å². The third-order valence-electron chi connectivity index (χ3n) is 5.92. The summed E-state index contributed by atoms with van der Waals surface area (Å²) in [6, 6.07) is 15.4. The zero-order valence-electron chi connectivity index (χ0n) is 17.3. The summed E-state index contributed by atoms with van der Waals surface area (Å²) in [6.07, 6.45) is 1.75. The third-order valence-corrected chi connectivity index (χ3v) is 7.11. The summed E-state index contributed by atoms with van der Waals surface area (Å²) in [5.74, 6) is 1.37. The maximum Gasteiger partial charge on any atom is 0.266 e. The lowest BCUT2D eigenvalue weighted by Crippen LogP contribution is -2.20. The SMILES string of the molecule is Cc1c(C(=O)Nc2ccc(-c3nc4ccccc4[nH]3)cc2)sc2nc3n(c(=O)c12)CCC3. The van der Waals surface area contributed by atoms with Gasteiger partial charge in [0.15, 0.2) is 0 Å². The molecule has 0 saturated heterocycles. The van der Waals surface area contributed by atoms with Gasteiger partial charge in [0.25, 0.3) is 11.5 Å². The number of para-hydroxylation sites is 2. The van der Waals surface area contributed by atoms with Gasteiger partial charge in [-0.3, -0.25) is 14.2 Å². The number of nitrogens with zero attached hydrogens (tertiary/aromatic N) is 3. The second-order valence-electron chi connectivity index (χ2n) is 7.96. The predicted molar refractivity (Wildman–Crippen MR) is 126 cm³/mol. The Morgan fingerprint density at radius 3 is 2.75 bits per heavy atom. The van der Waals surface area contributed by atoms with Gasteiger partial charge in [-0.05, 0) is 55.3 Å². The van der Waals surface area contributed by atoms with E-state index in [2.05, 4.69) is 20.3 Å². The highest BCUT2D eigenvalue weighted by molar-refractivity contribution is 7.20. The molecule has 0 radical (unpaired) electrons. The summed E-state index contributed by atoms with van der Waals surface area (Å²) >= 11 is 1.28. The van der Waals surface area contributed by atoms with Crippen LogP contribution >= 0.6 is 11.3 Å². The van der Waals surface area contributed by atoms with Gasteiger partial charge >= 0.3 is 0 Å². The zero-order valence-corrected chi connectivity index (χ0v) is 18.1. The Hall–Kier alpha value is -3.78. The van der Waals surface area contributed by atoms with Gasteiger partial charge in [-0.15, -0.1) is 11.3 Å². The first-order valence-corrected chi connectivity index (χ1v) is 11.3. The van der Waals surface area contributed by atoms with Crippen molar-refractivity contribution in [2.24, 2.45) is 0 Å². The number of carbonyl (C=O) groups is 1. The van der Waals surface area contributed by atoms with E-state index in [1.54, 1.807) is 4.57 Å². The molecule has 0 aliphatic carbocycles. The highest BCUT2D eigenvalue weighted by Gasteiger charge is 2.23. The average molecular weight is 442 g/mol. The molecule has 7 nitrogen and oxygen atoms in total. The molecule has 8 heteroatoms. The first kappa shape index (κ1) is 18.9. The Morgan fingerprint density at radius 1 is 1.12 bits per heavy atom. The van der Waals surface area contributed by atoms with Crippen LogP contribution in [0.25, 0.3) is 32.6 Å². The van der Waals surface area contributed by atoms with Gasteiger partial charge in [-0.1, -0.05) is 12.1 Å². The van der Waals surface area contributed by atoms with Crippen molar-refractivity contribution in [2.75, 3.05) is 5.32 Å². The molecule has 158 valence electrons. The van der Waals surface area contributed by atoms with Crippen molar-refractivity contribution < 1.29 is 4.79 Å². The minimum atomic E-state index is -0.230. The summed E-state index contributed by atoms with van der Waals surface area (Å²) in [6.45, 7) is 2.52. The van der Waals surface area contributed by atoms with Crippen LogP contribution < -0.4 is 10.9 Å². The molecule has 0 atom stereocenters. The Balaban J connectivity index is 1.28. The van der Waals surface area contributed by atoms with E-state index in [4.69, 9.17) is 0 Å². The van der Waals surface area contributed by atoms with Crippen LogP contribution in [0.3, 0.4) is 0 Å². The van der Waals surface area contributed by atoms with E-state index in [-0.39, 0.29) is 11.5 Å². The lowest BCUT2D eigenvalue weighted by atomic mass is 10.2. The Bertz CT molecular complexity index is 1540. The Kier molecular flexibility index (Phi) is 4.22. The number of hydrogen-bond donors (Lipinski definition) is 2. The zero-order chi connectivity index (χ0) is 21.8. The number of aryl methyl sites for hydroxylation is 2. The highest BCUT2D eigenvalue weighted by Crippen LogP contribution is 2.29. The van der Waals surface area contributed by atoms with Crippen molar-refractivity contribution in [2.45, 2.75) is 26.3 Å². The van der Waals surface area contributed by atoms with E-state index in [0.29, 0.717) is 32.9 Å². The van der Waals surface area contributed by atoms with Gasteiger partial charge < -0.3 is 10.3 Å². The number of nitrogens with one attached hydrogen (secondary N) is 2. The van der Waals surface area contributed by atoms with E-state index in [0.717, 1.165) is 41.1 Å². The number of amides is 1. The van der Waals surface area contributed by atoms with Gasteiger partial charge in [-0.25, -0.2) is 9.97 Å². The number of fused-ring (bicyclic) bond motifs is 3. The molecule has 0 unspecified atom stereocenters. The fourth-order valence-electron chi connectivity index (χ4n) is 4.28. The highest BCUT2D eigenvalue weighted by atomic mass is 32.1. The van der Waals surface area contributed by atoms with Gasteiger partial charge in [-0.2, -0.15) is 0 Å². The molecule has 2 aromatic carbocycles. The van der Waals surface area contributed by atoms with E-state index < -0.39 is 0 Å². The molecular weight excluding hydrogens is 422 g/mol. The molecule has 1 amide bonds. The van der Waals surface area contributed by atoms with Crippen LogP contribution in [-0.2, 0) is 13.0 Å². The second-order valence-corrected chi connectivity index (χ2v) is 8.96. The second kappa shape index (κ2) is 7.13. The van der Waals surface area contributed by atoms with Crippen molar-refractivity contribution in [1.29, 1.82) is 0 Å². The quantitative estimate of drug-likeness (QED) is 0.431. The summed E-state index contributed by atoms with van der Waals surface area (Å²) in [5.41, 5.74) is 4.17. The monoisotopic (exact) mass is 441 g/mol. The van der Waals surface area contributed by atoms with Crippen LogP contribution in [0.4, 0.5) is 5.69 Å². The number of thiophene rings is 1. The largest absolute Gasteiger partial charge is 0.338 e. The number of aromatic amines is 1. The Morgan fingerprint density at radius 2 is 1.94 bits per heavy atom. The van der Waals surface area contributed by atoms with E-state index >= 15 is 0 Å². The molecule has 0 fully saturated rings. The number of aromatic nitrogens is 4. The topological polar surface area (TPSA) is 92.7 Å². The summed E-state index contributed by atoms with van der Waals surface area (Å²) < 4.78 is 1.74. The summed E-state index contributed by atoms with van der Waals surface area (Å²) in [7, 11) is 0. The van der Waals surface area contributed by atoms with Crippen molar-refractivity contribution in [3.8, 4) is 11.4 Å². The normalized spacial score (nSPS) is 13.0. The van der Waals surface area contributed by atoms with E-state index in [1.807, 2.05) is 55.5 Å². The van der Waals surface area contributed by atoms with Gasteiger partial charge in [0.05, 0.1) is 21.3 Å². The maximum absolute atomic E-state index is 13.0. The van der Waals surface area contributed by atoms with Crippen LogP contribution in [0.1, 0.15) is 27.5 Å². The summed E-state index contributed by atoms with van der Waals surface area (Å²) in [5, 5.41) is 3.51. The van der Waals surface area contributed by atoms with E-state index in [1.165, 1.54) is 11.3 Å². The van der Waals surface area contributed by atoms with Crippen molar-refractivity contribution in [3.63, 3.8) is 0 Å². The molecular formula is C24H19N5O2S. The fourth-order valence-corrected chi connectivity index (χ4v) is 5.37. The minimum absolute atomic E-state index is 0.0366. The predicted octanol–water partition coefficient (Wildman–Crippen LogP) is 4.51. The van der Waals surface area contributed by atoms with Crippen LogP contribution in [-0.4, -0.2) is 25.4 Å². The number of carbonyl (C=O) groups excluding carboxylic acids is 1. The molecule has 6 rings (SSSR count). The number of imidazole rings is 1. The average Bonchev–Trinajstić information content (AvgIpc) is 3.51. The molecule has 1 aliphatic rings. The molecule has 1 aliphatic heterocycles. The first-order valence-electron chi connectivity index (χ1n) is 10.5. The molecule has 4 heterocycles. The molecule has 32 heavy (non-hydrogen) atoms. The molecule has 2 N–H and O–H groups in total. The third kappa shape index (κ3) is 2.95. The maximum atomic E-state index is 13.0. The number of hydrogen-bond acceptors (Lipinski definition) is 5. The number of benzene rings is 2. The van der Waals surface area contributed by atoms with Crippen LogP contribution in [0.2, 0.25) is 0 Å². The lowest BCUT2D eigenvalue weighted by molar-refractivity contribution is 0.103. The van der Waals surface area contributed by atoms with E-state index in [9.17, 15) is 9.59 Å². The van der Waals surface area contributed by atoms with Crippen LogP contribution in [0.5, 0.6) is 0 Å². The minimum Gasteiger partial charge on any atom is -0.338 e. The van der Waals surface area contributed by atoms with Crippen LogP contribution in [0, 0.1) is 6.92 Å². The number of anilines is 1. The van der Waals surface area contributed by atoms with Gasteiger partial charge in [0.1, 0.15) is 16.5 Å².